The molecule has 176 valence electrons. The molecule has 0 saturated heterocycles. The predicted molar refractivity (Wildman–Crippen MR) is 152 cm³/mol. The molecule has 3 nitrogen and oxygen atoms in total. The Balaban J connectivity index is 1.48. The molecule has 0 radical (unpaired) electrons. The van der Waals surface area contributed by atoms with E-state index in [-0.39, 0.29) is 0 Å². The molecule has 0 unspecified atom stereocenters. The fraction of sp³-hybridized carbons (Fsp3) is 0. The Bertz CT molecular complexity index is 1650. The summed E-state index contributed by atoms with van der Waals surface area (Å²) in [5.74, 6) is 1.92. The molecule has 6 aromatic rings. The first-order valence-electron chi connectivity index (χ1n) is 12.1. The van der Waals surface area contributed by atoms with E-state index < -0.39 is 0 Å². The molecule has 0 aliphatic heterocycles. The maximum atomic E-state index is 6.06. The number of aromatic nitrogens is 3. The van der Waals surface area contributed by atoms with E-state index in [1.54, 1.807) is 0 Å². The third-order valence-corrected chi connectivity index (χ3v) is 6.49. The van der Waals surface area contributed by atoms with Crippen LogP contribution in [0, 0.1) is 0 Å². The summed E-state index contributed by atoms with van der Waals surface area (Å²) < 4.78 is 0. The molecule has 0 saturated carbocycles. The highest BCUT2D eigenvalue weighted by Crippen LogP contribution is 2.32. The highest BCUT2D eigenvalue weighted by atomic mass is 35.5. The predicted octanol–water partition coefficient (Wildman–Crippen LogP) is 8.86. The van der Waals surface area contributed by atoms with Crippen LogP contribution < -0.4 is 0 Å². The van der Waals surface area contributed by atoms with E-state index in [0.29, 0.717) is 17.5 Å². The van der Waals surface area contributed by atoms with Crippen molar-refractivity contribution in [3.05, 3.63) is 138 Å². The number of halogens is 1. The number of rotatable bonds is 5. The molecular formula is C33H22ClN3. The molecule has 0 spiro atoms. The summed E-state index contributed by atoms with van der Waals surface area (Å²) >= 11 is 6.06. The van der Waals surface area contributed by atoms with Gasteiger partial charge in [0.15, 0.2) is 17.5 Å². The van der Waals surface area contributed by atoms with Crippen LogP contribution in [0.3, 0.4) is 0 Å². The van der Waals surface area contributed by atoms with E-state index in [2.05, 4.69) is 48.5 Å². The zero-order valence-corrected chi connectivity index (χ0v) is 20.7. The first kappa shape index (κ1) is 22.8. The highest BCUT2D eigenvalue weighted by molar-refractivity contribution is 6.30. The minimum absolute atomic E-state index is 0.634. The van der Waals surface area contributed by atoms with Crippen molar-refractivity contribution in [2.75, 3.05) is 0 Å². The smallest absolute Gasteiger partial charge is 0.164 e. The Morgan fingerprint density at radius 2 is 0.730 bits per heavy atom. The molecule has 0 atom stereocenters. The van der Waals surface area contributed by atoms with Crippen molar-refractivity contribution in [1.29, 1.82) is 0 Å². The van der Waals surface area contributed by atoms with Crippen LogP contribution in [0.4, 0.5) is 0 Å². The van der Waals surface area contributed by atoms with Gasteiger partial charge in [0.05, 0.1) is 0 Å². The third-order valence-electron chi connectivity index (χ3n) is 6.24. The van der Waals surface area contributed by atoms with Crippen molar-refractivity contribution >= 4 is 11.6 Å². The Hall–Kier alpha value is -4.60. The first-order chi connectivity index (χ1) is 18.2. The third kappa shape index (κ3) is 4.90. The standard InChI is InChI=1S/C33H22ClN3/c34-28-21-19-24(20-22-28)23-15-17-27(18-16-23)32-35-31(26-11-5-2-6-12-26)36-33(37-32)30-14-8-7-13-29(30)25-9-3-1-4-10-25/h1-22H. The highest BCUT2D eigenvalue weighted by Gasteiger charge is 2.15. The second-order valence-corrected chi connectivity index (χ2v) is 9.10. The van der Waals surface area contributed by atoms with Gasteiger partial charge in [-0.15, -0.1) is 0 Å². The van der Waals surface area contributed by atoms with Crippen LogP contribution in [0.5, 0.6) is 0 Å². The molecule has 0 N–H and O–H groups in total. The maximum Gasteiger partial charge on any atom is 0.164 e. The molecule has 0 bridgehead atoms. The Labute approximate surface area is 221 Å². The largest absolute Gasteiger partial charge is 0.208 e. The molecule has 1 heterocycles. The molecule has 0 aliphatic carbocycles. The monoisotopic (exact) mass is 495 g/mol. The van der Waals surface area contributed by atoms with Gasteiger partial charge in [-0.05, 0) is 34.4 Å². The first-order valence-corrected chi connectivity index (χ1v) is 12.5. The van der Waals surface area contributed by atoms with Crippen molar-refractivity contribution in [2.45, 2.75) is 0 Å². The molecule has 1 aromatic heterocycles. The molecular weight excluding hydrogens is 474 g/mol. The molecule has 37 heavy (non-hydrogen) atoms. The summed E-state index contributed by atoms with van der Waals surface area (Å²) in [7, 11) is 0. The molecule has 0 fully saturated rings. The number of hydrogen-bond acceptors (Lipinski definition) is 3. The van der Waals surface area contributed by atoms with Gasteiger partial charge in [-0.3, -0.25) is 0 Å². The van der Waals surface area contributed by atoms with Crippen LogP contribution in [-0.4, -0.2) is 15.0 Å². The maximum absolute atomic E-state index is 6.06. The molecule has 5 aromatic carbocycles. The Morgan fingerprint density at radius 1 is 0.324 bits per heavy atom. The quantitative estimate of drug-likeness (QED) is 0.240. The summed E-state index contributed by atoms with van der Waals surface area (Å²) in [6.45, 7) is 0. The summed E-state index contributed by atoms with van der Waals surface area (Å²) in [6, 6.07) is 44.7. The fourth-order valence-electron chi connectivity index (χ4n) is 4.34. The van der Waals surface area contributed by atoms with Crippen LogP contribution in [0.15, 0.2) is 133 Å². The van der Waals surface area contributed by atoms with Crippen LogP contribution in [0.2, 0.25) is 5.02 Å². The van der Waals surface area contributed by atoms with Crippen LogP contribution in [0.1, 0.15) is 0 Å². The van der Waals surface area contributed by atoms with Crippen LogP contribution in [-0.2, 0) is 0 Å². The topological polar surface area (TPSA) is 38.7 Å². The van der Waals surface area contributed by atoms with E-state index in [4.69, 9.17) is 26.6 Å². The van der Waals surface area contributed by atoms with Gasteiger partial charge in [0.25, 0.3) is 0 Å². The zero-order chi connectivity index (χ0) is 25.0. The average Bonchev–Trinajstić information content (AvgIpc) is 2.98. The minimum Gasteiger partial charge on any atom is -0.208 e. The Kier molecular flexibility index (Phi) is 6.28. The van der Waals surface area contributed by atoms with Gasteiger partial charge in [-0.25, -0.2) is 15.0 Å². The van der Waals surface area contributed by atoms with Crippen molar-refractivity contribution in [3.8, 4) is 56.4 Å². The van der Waals surface area contributed by atoms with Crippen molar-refractivity contribution < 1.29 is 0 Å². The van der Waals surface area contributed by atoms with Gasteiger partial charge in [0.1, 0.15) is 0 Å². The zero-order valence-electron chi connectivity index (χ0n) is 19.9. The molecule has 4 heteroatoms. The van der Waals surface area contributed by atoms with E-state index in [1.807, 2.05) is 84.9 Å². The van der Waals surface area contributed by atoms with Crippen molar-refractivity contribution in [2.24, 2.45) is 0 Å². The summed E-state index contributed by atoms with van der Waals surface area (Å²) in [4.78, 5) is 14.8. The average molecular weight is 496 g/mol. The van der Waals surface area contributed by atoms with E-state index >= 15 is 0 Å². The van der Waals surface area contributed by atoms with Gasteiger partial charge in [0, 0.05) is 21.7 Å². The number of benzene rings is 5. The van der Waals surface area contributed by atoms with Gasteiger partial charge >= 0.3 is 0 Å². The summed E-state index contributed by atoms with van der Waals surface area (Å²) in [5.41, 5.74) is 7.25. The van der Waals surface area contributed by atoms with E-state index in [1.165, 1.54) is 0 Å². The lowest BCUT2D eigenvalue weighted by Crippen LogP contribution is -2.01. The lowest BCUT2D eigenvalue weighted by Gasteiger charge is -2.12. The van der Waals surface area contributed by atoms with Crippen molar-refractivity contribution in [1.82, 2.24) is 15.0 Å². The summed E-state index contributed by atoms with van der Waals surface area (Å²) in [6.07, 6.45) is 0. The van der Waals surface area contributed by atoms with Crippen LogP contribution >= 0.6 is 11.6 Å². The van der Waals surface area contributed by atoms with Crippen LogP contribution in [0.25, 0.3) is 56.4 Å². The van der Waals surface area contributed by atoms with Crippen molar-refractivity contribution in [3.63, 3.8) is 0 Å². The minimum atomic E-state index is 0.634. The van der Waals surface area contributed by atoms with Gasteiger partial charge in [-0.1, -0.05) is 133 Å². The fourth-order valence-corrected chi connectivity index (χ4v) is 4.47. The Morgan fingerprint density at radius 3 is 1.32 bits per heavy atom. The van der Waals surface area contributed by atoms with E-state index in [0.717, 1.165) is 44.0 Å². The second kappa shape index (κ2) is 10.2. The second-order valence-electron chi connectivity index (χ2n) is 8.67. The normalized spacial score (nSPS) is 10.8. The van der Waals surface area contributed by atoms with Gasteiger partial charge in [0.2, 0.25) is 0 Å². The molecule has 6 rings (SSSR count). The lowest BCUT2D eigenvalue weighted by atomic mass is 9.99. The number of nitrogens with zero attached hydrogens (tertiary/aromatic N) is 3. The van der Waals surface area contributed by atoms with E-state index in [9.17, 15) is 0 Å². The number of hydrogen-bond donors (Lipinski definition) is 0. The molecule has 0 amide bonds. The van der Waals surface area contributed by atoms with Gasteiger partial charge in [-0.2, -0.15) is 0 Å². The lowest BCUT2D eigenvalue weighted by molar-refractivity contribution is 1.07. The summed E-state index contributed by atoms with van der Waals surface area (Å²) in [5, 5.41) is 0.724. The molecule has 0 aliphatic rings. The van der Waals surface area contributed by atoms with Gasteiger partial charge < -0.3 is 0 Å². The SMILES string of the molecule is Clc1ccc(-c2ccc(-c3nc(-c4ccccc4)nc(-c4ccccc4-c4ccccc4)n3)cc2)cc1.